The van der Waals surface area contributed by atoms with Crippen LogP contribution in [-0.4, -0.2) is 19.7 Å². The molecule has 0 bridgehead atoms. The fourth-order valence-electron chi connectivity index (χ4n) is 2.03. The SMILES string of the molecule is Cn1c(-c2ccc3[nH]c(C(F)(F)F)cc3c2)n[nH]c1=O. The lowest BCUT2D eigenvalue weighted by atomic mass is 10.1. The van der Waals surface area contributed by atoms with Gasteiger partial charge in [0.05, 0.1) is 0 Å². The zero-order chi connectivity index (χ0) is 14.5. The van der Waals surface area contributed by atoms with Crippen molar-refractivity contribution in [1.82, 2.24) is 19.7 Å². The molecule has 1 aromatic carbocycles. The van der Waals surface area contributed by atoms with Gasteiger partial charge in [-0.1, -0.05) is 0 Å². The lowest BCUT2D eigenvalue weighted by Gasteiger charge is -2.00. The number of nitrogens with zero attached hydrogens (tertiary/aromatic N) is 2. The third-order valence-corrected chi connectivity index (χ3v) is 3.06. The van der Waals surface area contributed by atoms with E-state index < -0.39 is 11.9 Å². The van der Waals surface area contributed by atoms with Crippen molar-refractivity contribution in [3.8, 4) is 11.4 Å². The van der Waals surface area contributed by atoms with E-state index in [2.05, 4.69) is 15.2 Å². The van der Waals surface area contributed by atoms with Gasteiger partial charge in [0.25, 0.3) is 0 Å². The van der Waals surface area contributed by atoms with Crippen LogP contribution < -0.4 is 5.69 Å². The van der Waals surface area contributed by atoms with Gasteiger partial charge in [-0.2, -0.15) is 18.3 Å². The van der Waals surface area contributed by atoms with Gasteiger partial charge in [0.1, 0.15) is 5.69 Å². The minimum atomic E-state index is -4.42. The van der Waals surface area contributed by atoms with Gasteiger partial charge < -0.3 is 4.98 Å². The molecule has 0 spiro atoms. The largest absolute Gasteiger partial charge is 0.431 e. The average molecular weight is 282 g/mol. The zero-order valence-electron chi connectivity index (χ0n) is 10.2. The molecule has 0 saturated carbocycles. The Kier molecular flexibility index (Phi) is 2.50. The molecule has 2 heterocycles. The first-order chi connectivity index (χ1) is 9.36. The van der Waals surface area contributed by atoms with Crippen molar-refractivity contribution >= 4 is 10.9 Å². The fourth-order valence-corrected chi connectivity index (χ4v) is 2.03. The lowest BCUT2D eigenvalue weighted by molar-refractivity contribution is -0.140. The molecule has 0 saturated heterocycles. The summed E-state index contributed by atoms with van der Waals surface area (Å²) in [4.78, 5) is 13.6. The van der Waals surface area contributed by atoms with Crippen molar-refractivity contribution in [2.45, 2.75) is 6.18 Å². The third-order valence-electron chi connectivity index (χ3n) is 3.06. The van der Waals surface area contributed by atoms with E-state index in [-0.39, 0.29) is 5.69 Å². The van der Waals surface area contributed by atoms with E-state index in [1.807, 2.05) is 0 Å². The number of nitrogens with one attached hydrogen (secondary N) is 2. The Hall–Kier alpha value is -2.51. The summed E-state index contributed by atoms with van der Waals surface area (Å²) in [5.41, 5.74) is -0.251. The number of halogens is 3. The van der Waals surface area contributed by atoms with E-state index in [0.717, 1.165) is 6.07 Å². The third kappa shape index (κ3) is 1.89. The summed E-state index contributed by atoms with van der Waals surface area (Å²) in [6.07, 6.45) is -4.42. The van der Waals surface area contributed by atoms with Crippen molar-refractivity contribution in [3.63, 3.8) is 0 Å². The standard InChI is InChI=1S/C12H9F3N4O/c1-19-10(17-18-11(19)20)6-2-3-8-7(4-6)5-9(16-8)12(13,14)15/h2-5,16H,1H3,(H,18,20). The molecule has 8 heteroatoms. The first-order valence-electron chi connectivity index (χ1n) is 5.68. The van der Waals surface area contributed by atoms with Crippen LogP contribution in [0.15, 0.2) is 29.1 Å². The summed E-state index contributed by atoms with van der Waals surface area (Å²) in [5.74, 6) is 0.367. The summed E-state index contributed by atoms with van der Waals surface area (Å²) in [6.45, 7) is 0. The number of H-pyrrole nitrogens is 2. The molecule has 0 amide bonds. The van der Waals surface area contributed by atoms with Crippen molar-refractivity contribution in [2.24, 2.45) is 7.05 Å². The number of rotatable bonds is 1. The maximum Gasteiger partial charge on any atom is 0.431 e. The Morgan fingerprint density at radius 3 is 2.60 bits per heavy atom. The molecule has 0 aliphatic heterocycles. The van der Waals surface area contributed by atoms with E-state index >= 15 is 0 Å². The minimum Gasteiger partial charge on any atom is -0.351 e. The number of hydrogen-bond donors (Lipinski definition) is 2. The Bertz CT molecular complexity index is 840. The Morgan fingerprint density at radius 1 is 1.25 bits per heavy atom. The van der Waals surface area contributed by atoms with Crippen molar-refractivity contribution in [3.05, 3.63) is 40.4 Å². The second-order valence-electron chi connectivity index (χ2n) is 4.39. The van der Waals surface area contributed by atoms with Gasteiger partial charge in [0.2, 0.25) is 0 Å². The van der Waals surface area contributed by atoms with E-state index in [1.165, 1.54) is 17.7 Å². The highest BCUT2D eigenvalue weighted by Crippen LogP contribution is 2.32. The summed E-state index contributed by atoms with van der Waals surface area (Å²) in [6, 6.07) is 5.72. The van der Waals surface area contributed by atoms with E-state index in [9.17, 15) is 18.0 Å². The molecule has 5 nitrogen and oxygen atoms in total. The number of aromatic amines is 2. The van der Waals surface area contributed by atoms with Gasteiger partial charge in [-0.05, 0) is 24.3 Å². The Balaban J connectivity index is 2.16. The molecule has 0 atom stereocenters. The Labute approximate surface area is 110 Å². The van der Waals surface area contributed by atoms with Crippen molar-refractivity contribution in [2.75, 3.05) is 0 Å². The second-order valence-corrected chi connectivity index (χ2v) is 4.39. The highest BCUT2D eigenvalue weighted by Gasteiger charge is 2.32. The van der Waals surface area contributed by atoms with Crippen LogP contribution in [0.2, 0.25) is 0 Å². The van der Waals surface area contributed by atoms with Crippen LogP contribution >= 0.6 is 0 Å². The predicted molar refractivity (Wildman–Crippen MR) is 66.1 cm³/mol. The van der Waals surface area contributed by atoms with E-state index in [0.29, 0.717) is 22.3 Å². The highest BCUT2D eigenvalue weighted by molar-refractivity contribution is 5.85. The second kappa shape index (κ2) is 3.99. The number of benzene rings is 1. The molecule has 2 aromatic heterocycles. The van der Waals surface area contributed by atoms with Crippen LogP contribution in [0.5, 0.6) is 0 Å². The van der Waals surface area contributed by atoms with E-state index in [1.54, 1.807) is 12.1 Å². The van der Waals surface area contributed by atoms with Gasteiger partial charge in [-0.15, -0.1) is 0 Å². The molecule has 2 N–H and O–H groups in total. The summed E-state index contributed by atoms with van der Waals surface area (Å²) in [5, 5.41) is 6.53. The fraction of sp³-hybridized carbons (Fsp3) is 0.167. The minimum absolute atomic E-state index is 0.367. The zero-order valence-corrected chi connectivity index (χ0v) is 10.2. The molecule has 104 valence electrons. The van der Waals surface area contributed by atoms with Crippen molar-refractivity contribution < 1.29 is 13.2 Å². The van der Waals surface area contributed by atoms with Gasteiger partial charge >= 0.3 is 11.9 Å². The molecule has 0 radical (unpaired) electrons. The van der Waals surface area contributed by atoms with Crippen LogP contribution in [0.25, 0.3) is 22.3 Å². The molecular weight excluding hydrogens is 273 g/mol. The smallest absolute Gasteiger partial charge is 0.351 e. The topological polar surface area (TPSA) is 66.5 Å². The van der Waals surface area contributed by atoms with Gasteiger partial charge in [-0.3, -0.25) is 4.57 Å². The van der Waals surface area contributed by atoms with Gasteiger partial charge in [-0.25, -0.2) is 9.89 Å². The predicted octanol–water partition coefficient (Wildman–Crippen LogP) is 2.28. The van der Waals surface area contributed by atoms with Crippen LogP contribution in [0.4, 0.5) is 13.2 Å². The molecule has 20 heavy (non-hydrogen) atoms. The highest BCUT2D eigenvalue weighted by atomic mass is 19.4. The molecule has 0 aliphatic carbocycles. The quantitative estimate of drug-likeness (QED) is 0.719. The number of hydrogen-bond acceptors (Lipinski definition) is 2. The van der Waals surface area contributed by atoms with Gasteiger partial charge in [0, 0.05) is 23.5 Å². The molecule has 0 fully saturated rings. The van der Waals surface area contributed by atoms with Crippen LogP contribution in [0.1, 0.15) is 5.69 Å². The monoisotopic (exact) mass is 282 g/mol. The first-order valence-corrected chi connectivity index (χ1v) is 5.68. The van der Waals surface area contributed by atoms with Crippen molar-refractivity contribution in [1.29, 1.82) is 0 Å². The molecule has 0 aliphatic rings. The van der Waals surface area contributed by atoms with Crippen LogP contribution in [-0.2, 0) is 13.2 Å². The number of fused-ring (bicyclic) bond motifs is 1. The molecule has 3 aromatic rings. The lowest BCUT2D eigenvalue weighted by Crippen LogP contribution is -2.13. The molecular formula is C12H9F3N4O. The van der Waals surface area contributed by atoms with Crippen LogP contribution in [0.3, 0.4) is 0 Å². The molecule has 3 rings (SSSR count). The Morgan fingerprint density at radius 2 is 2.00 bits per heavy atom. The van der Waals surface area contributed by atoms with E-state index in [4.69, 9.17) is 0 Å². The summed E-state index contributed by atoms with van der Waals surface area (Å²) >= 11 is 0. The average Bonchev–Trinajstić information content (AvgIpc) is 2.93. The summed E-state index contributed by atoms with van der Waals surface area (Å²) in [7, 11) is 1.53. The number of aromatic nitrogens is 4. The maximum absolute atomic E-state index is 12.6. The molecule has 0 unspecified atom stereocenters. The first kappa shape index (κ1) is 12.5. The maximum atomic E-state index is 12.6. The number of alkyl halides is 3. The summed E-state index contributed by atoms with van der Waals surface area (Å²) < 4.78 is 39.2. The van der Waals surface area contributed by atoms with Crippen LogP contribution in [0, 0.1) is 0 Å². The van der Waals surface area contributed by atoms with Gasteiger partial charge in [0.15, 0.2) is 5.82 Å². The normalized spacial score (nSPS) is 12.2.